The third kappa shape index (κ3) is 7.70. The number of methoxy groups -OCH3 is 1. The van der Waals surface area contributed by atoms with Gasteiger partial charge in [-0.1, -0.05) is 0 Å². The first kappa shape index (κ1) is 13.1. The van der Waals surface area contributed by atoms with Gasteiger partial charge in [0, 0.05) is 20.2 Å². The summed E-state index contributed by atoms with van der Waals surface area (Å²) in [6.45, 7) is 3.26. The van der Waals surface area contributed by atoms with E-state index in [1.807, 2.05) is 0 Å². The van der Waals surface area contributed by atoms with Crippen molar-refractivity contribution in [3.05, 3.63) is 0 Å². The summed E-state index contributed by atoms with van der Waals surface area (Å²) < 4.78 is 4.86. The first-order valence-electron chi connectivity index (χ1n) is 4.48. The molecule has 0 amide bonds. The lowest BCUT2D eigenvalue weighted by Crippen LogP contribution is -2.33. The van der Waals surface area contributed by atoms with Crippen molar-refractivity contribution in [3.8, 4) is 0 Å². The van der Waals surface area contributed by atoms with Crippen LogP contribution in [-0.4, -0.2) is 55.1 Å². The zero-order valence-corrected chi connectivity index (χ0v) is 8.65. The average Bonchev–Trinajstić information content (AvgIpc) is 2.09. The first-order chi connectivity index (χ1) is 6.56. The molecule has 1 N–H and O–H groups in total. The van der Waals surface area contributed by atoms with Crippen LogP contribution in [0.1, 0.15) is 13.3 Å². The molecule has 0 saturated heterocycles. The lowest BCUT2D eigenvalue weighted by atomic mass is 10.3. The normalized spacial score (nSPS) is 10.5. The molecule has 0 bridgehead atoms. The summed E-state index contributed by atoms with van der Waals surface area (Å²) in [7, 11) is 1.57. The zero-order chi connectivity index (χ0) is 11.0. The van der Waals surface area contributed by atoms with E-state index < -0.39 is 5.97 Å². The number of hydrogen-bond donors (Lipinski definition) is 1. The second-order valence-corrected chi connectivity index (χ2v) is 3.11. The number of Topliss-reactive ketones (excluding diaryl/α,β-unsaturated/α-hetero) is 1. The standard InChI is InChI=1S/C9H17NO4/c1-8(11)7-10(5-6-14-2)4-3-9(12)13/h3-7H2,1-2H3,(H,12,13). The smallest absolute Gasteiger partial charge is 0.304 e. The van der Waals surface area contributed by atoms with Crippen LogP contribution in [-0.2, 0) is 14.3 Å². The summed E-state index contributed by atoms with van der Waals surface area (Å²) >= 11 is 0. The van der Waals surface area contributed by atoms with Gasteiger partial charge < -0.3 is 9.84 Å². The molecule has 0 spiro atoms. The van der Waals surface area contributed by atoms with Gasteiger partial charge in [-0.2, -0.15) is 0 Å². The highest BCUT2D eigenvalue weighted by atomic mass is 16.5. The molecule has 0 heterocycles. The van der Waals surface area contributed by atoms with Crippen molar-refractivity contribution in [2.45, 2.75) is 13.3 Å². The van der Waals surface area contributed by atoms with Gasteiger partial charge in [-0.25, -0.2) is 0 Å². The molecule has 5 heteroatoms. The van der Waals surface area contributed by atoms with Crippen molar-refractivity contribution >= 4 is 11.8 Å². The molecule has 0 aromatic rings. The Morgan fingerprint density at radius 2 is 2.00 bits per heavy atom. The van der Waals surface area contributed by atoms with Crippen LogP contribution in [0.2, 0.25) is 0 Å². The Morgan fingerprint density at radius 1 is 1.36 bits per heavy atom. The minimum atomic E-state index is -0.851. The van der Waals surface area contributed by atoms with Crippen molar-refractivity contribution in [1.82, 2.24) is 4.90 Å². The Hall–Kier alpha value is -0.940. The molecule has 0 fully saturated rings. The van der Waals surface area contributed by atoms with E-state index in [9.17, 15) is 9.59 Å². The van der Waals surface area contributed by atoms with E-state index in [0.29, 0.717) is 19.7 Å². The fourth-order valence-corrected chi connectivity index (χ4v) is 1.06. The molecule has 0 rings (SSSR count). The van der Waals surface area contributed by atoms with Crippen molar-refractivity contribution in [3.63, 3.8) is 0 Å². The number of hydrogen-bond acceptors (Lipinski definition) is 4. The molecule has 14 heavy (non-hydrogen) atoms. The van der Waals surface area contributed by atoms with Gasteiger partial charge in [-0.15, -0.1) is 0 Å². The van der Waals surface area contributed by atoms with E-state index in [1.165, 1.54) is 6.92 Å². The van der Waals surface area contributed by atoms with Crippen LogP contribution in [0.5, 0.6) is 0 Å². The molecule has 0 aliphatic carbocycles. The number of rotatable bonds is 8. The monoisotopic (exact) mass is 203 g/mol. The lowest BCUT2D eigenvalue weighted by molar-refractivity contribution is -0.137. The predicted octanol–water partition coefficient (Wildman–Crippen LogP) is -0.00150. The summed E-state index contributed by atoms with van der Waals surface area (Å²) in [4.78, 5) is 22.9. The number of carboxylic acids is 1. The quantitative estimate of drug-likeness (QED) is 0.601. The van der Waals surface area contributed by atoms with Gasteiger partial charge in [-0.3, -0.25) is 14.5 Å². The highest BCUT2D eigenvalue weighted by Gasteiger charge is 2.08. The van der Waals surface area contributed by atoms with E-state index in [4.69, 9.17) is 9.84 Å². The largest absolute Gasteiger partial charge is 0.481 e. The molecule has 0 saturated carbocycles. The molecule has 0 unspecified atom stereocenters. The molecule has 82 valence electrons. The van der Waals surface area contributed by atoms with Crippen molar-refractivity contribution in [2.75, 3.05) is 33.4 Å². The number of carbonyl (C=O) groups excluding carboxylic acids is 1. The van der Waals surface area contributed by atoms with Gasteiger partial charge in [0.2, 0.25) is 0 Å². The minimum Gasteiger partial charge on any atom is -0.481 e. The number of carbonyl (C=O) groups is 2. The van der Waals surface area contributed by atoms with Gasteiger partial charge in [-0.05, 0) is 6.92 Å². The van der Waals surface area contributed by atoms with E-state index in [2.05, 4.69) is 0 Å². The minimum absolute atomic E-state index is 0.0338. The van der Waals surface area contributed by atoms with Crippen LogP contribution < -0.4 is 0 Å². The number of nitrogens with zero attached hydrogens (tertiary/aromatic N) is 1. The van der Waals surface area contributed by atoms with E-state index in [-0.39, 0.29) is 18.7 Å². The highest BCUT2D eigenvalue weighted by molar-refractivity contribution is 5.77. The Bertz CT molecular complexity index is 193. The highest BCUT2D eigenvalue weighted by Crippen LogP contribution is 1.92. The van der Waals surface area contributed by atoms with Gasteiger partial charge in [0.15, 0.2) is 0 Å². The van der Waals surface area contributed by atoms with E-state index in [0.717, 1.165) is 0 Å². The van der Waals surface area contributed by atoms with E-state index >= 15 is 0 Å². The van der Waals surface area contributed by atoms with Gasteiger partial charge >= 0.3 is 5.97 Å². The van der Waals surface area contributed by atoms with Crippen LogP contribution in [0.15, 0.2) is 0 Å². The Labute approximate surface area is 83.6 Å². The molecular formula is C9H17NO4. The predicted molar refractivity (Wildman–Crippen MR) is 51.2 cm³/mol. The Kier molecular flexibility index (Phi) is 6.96. The Balaban J connectivity index is 3.83. The number of ether oxygens (including phenoxy) is 1. The molecule has 0 aromatic carbocycles. The summed E-state index contributed by atoms with van der Waals surface area (Å²) in [5.74, 6) is -0.817. The van der Waals surface area contributed by atoms with Crippen LogP contribution >= 0.6 is 0 Å². The molecule has 0 aliphatic heterocycles. The lowest BCUT2D eigenvalue weighted by Gasteiger charge is -2.19. The van der Waals surface area contributed by atoms with Gasteiger partial charge in [0.25, 0.3) is 0 Å². The number of aliphatic carboxylic acids is 1. The van der Waals surface area contributed by atoms with Crippen molar-refractivity contribution in [1.29, 1.82) is 0 Å². The number of ketones is 1. The summed E-state index contributed by atoms with van der Waals surface area (Å²) in [5.41, 5.74) is 0. The second kappa shape index (κ2) is 7.46. The van der Waals surface area contributed by atoms with Crippen molar-refractivity contribution in [2.24, 2.45) is 0 Å². The summed E-state index contributed by atoms with van der Waals surface area (Å²) in [6, 6.07) is 0. The average molecular weight is 203 g/mol. The second-order valence-electron chi connectivity index (χ2n) is 3.11. The molecule has 0 radical (unpaired) electrons. The Morgan fingerprint density at radius 3 is 2.43 bits per heavy atom. The molecule has 5 nitrogen and oxygen atoms in total. The van der Waals surface area contributed by atoms with Crippen LogP contribution in [0.3, 0.4) is 0 Å². The zero-order valence-electron chi connectivity index (χ0n) is 8.65. The maximum absolute atomic E-state index is 10.8. The molecule has 0 atom stereocenters. The summed E-state index contributed by atoms with van der Waals surface area (Å²) in [6.07, 6.45) is 0.0526. The fraction of sp³-hybridized carbons (Fsp3) is 0.778. The number of carboxylic acid groups (broad SMARTS) is 1. The molecule has 0 aromatic heterocycles. The molecule has 0 aliphatic rings. The van der Waals surface area contributed by atoms with Gasteiger partial charge in [0.1, 0.15) is 5.78 Å². The summed E-state index contributed by atoms with van der Waals surface area (Å²) in [5, 5.41) is 8.48. The fourth-order valence-electron chi connectivity index (χ4n) is 1.06. The van der Waals surface area contributed by atoms with Crippen LogP contribution in [0.4, 0.5) is 0 Å². The maximum Gasteiger partial charge on any atom is 0.304 e. The van der Waals surface area contributed by atoms with Crippen LogP contribution in [0.25, 0.3) is 0 Å². The van der Waals surface area contributed by atoms with Crippen molar-refractivity contribution < 1.29 is 19.4 Å². The topological polar surface area (TPSA) is 66.8 Å². The third-order valence-electron chi connectivity index (χ3n) is 1.70. The van der Waals surface area contributed by atoms with Gasteiger partial charge in [0.05, 0.1) is 19.6 Å². The maximum atomic E-state index is 10.8. The SMILES string of the molecule is COCCN(CCC(=O)O)CC(C)=O. The first-order valence-corrected chi connectivity index (χ1v) is 4.48. The van der Waals surface area contributed by atoms with Crippen LogP contribution in [0, 0.1) is 0 Å². The molecular weight excluding hydrogens is 186 g/mol. The third-order valence-corrected chi connectivity index (χ3v) is 1.70. The van der Waals surface area contributed by atoms with E-state index in [1.54, 1.807) is 12.0 Å².